The Bertz CT molecular complexity index is 1030. The van der Waals surface area contributed by atoms with Gasteiger partial charge in [-0.05, 0) is 37.3 Å². The summed E-state index contributed by atoms with van der Waals surface area (Å²) in [5.41, 5.74) is 2.83. The van der Waals surface area contributed by atoms with Crippen LogP contribution < -0.4 is 4.90 Å². The van der Waals surface area contributed by atoms with Crippen LogP contribution in [0, 0.1) is 17.0 Å². The van der Waals surface area contributed by atoms with Gasteiger partial charge >= 0.3 is 0 Å². The van der Waals surface area contributed by atoms with E-state index in [9.17, 15) is 14.9 Å². The highest BCUT2D eigenvalue weighted by Crippen LogP contribution is 2.44. The van der Waals surface area contributed by atoms with Crippen molar-refractivity contribution >= 4 is 34.7 Å². The maximum absolute atomic E-state index is 13.2. The highest BCUT2D eigenvalue weighted by molar-refractivity contribution is 7.99. The summed E-state index contributed by atoms with van der Waals surface area (Å²) in [5, 5.41) is 11.7. The van der Waals surface area contributed by atoms with E-state index in [1.54, 1.807) is 29.3 Å². The zero-order chi connectivity index (χ0) is 18.3. The number of aromatic nitrogens is 1. The summed E-state index contributed by atoms with van der Waals surface area (Å²) in [7, 11) is 0. The van der Waals surface area contributed by atoms with E-state index in [1.807, 2.05) is 31.2 Å². The van der Waals surface area contributed by atoms with Gasteiger partial charge in [0.25, 0.3) is 11.6 Å². The highest BCUT2D eigenvalue weighted by Gasteiger charge is 2.30. The van der Waals surface area contributed by atoms with Crippen LogP contribution in [0.2, 0.25) is 0 Å². The molecule has 26 heavy (non-hydrogen) atoms. The molecule has 2 aromatic carbocycles. The molecule has 4 rings (SSSR count). The molecule has 1 aliphatic heterocycles. The highest BCUT2D eigenvalue weighted by atomic mass is 32.2. The monoisotopic (exact) mass is 363 g/mol. The first-order valence-corrected chi connectivity index (χ1v) is 8.68. The molecule has 0 spiro atoms. The molecule has 0 N–H and O–H groups in total. The van der Waals surface area contributed by atoms with Gasteiger partial charge in [0.05, 0.1) is 16.2 Å². The first kappa shape index (κ1) is 16.3. The molecule has 0 bridgehead atoms. The summed E-state index contributed by atoms with van der Waals surface area (Å²) in [6.45, 7) is 1.97. The number of non-ortho nitro benzene ring substituents is 1. The van der Waals surface area contributed by atoms with Gasteiger partial charge in [-0.15, -0.1) is 0 Å². The van der Waals surface area contributed by atoms with Gasteiger partial charge in [-0.1, -0.05) is 29.5 Å². The fourth-order valence-electron chi connectivity index (χ4n) is 2.80. The number of fused-ring (bicyclic) bond motifs is 2. The van der Waals surface area contributed by atoms with Crippen LogP contribution in [0.1, 0.15) is 15.9 Å². The zero-order valence-corrected chi connectivity index (χ0v) is 14.6. The summed E-state index contributed by atoms with van der Waals surface area (Å²) in [4.78, 5) is 30.5. The van der Waals surface area contributed by atoms with Gasteiger partial charge in [0, 0.05) is 28.9 Å². The Labute approximate surface area is 153 Å². The number of benzene rings is 2. The molecule has 0 saturated heterocycles. The van der Waals surface area contributed by atoms with Crippen molar-refractivity contribution in [2.45, 2.75) is 16.8 Å². The van der Waals surface area contributed by atoms with E-state index < -0.39 is 4.92 Å². The van der Waals surface area contributed by atoms with Crippen LogP contribution in [0.3, 0.4) is 0 Å². The number of pyridine rings is 1. The number of nitro benzene ring substituents is 1. The van der Waals surface area contributed by atoms with Crippen molar-refractivity contribution < 1.29 is 9.72 Å². The Morgan fingerprint density at radius 3 is 2.62 bits per heavy atom. The quantitative estimate of drug-likeness (QED) is 0.485. The molecule has 1 amide bonds. The summed E-state index contributed by atoms with van der Waals surface area (Å²) in [6.07, 6.45) is 1.61. The van der Waals surface area contributed by atoms with Gasteiger partial charge in [0.15, 0.2) is 0 Å². The number of aryl methyl sites for hydroxylation is 1. The maximum atomic E-state index is 13.2. The third kappa shape index (κ3) is 2.72. The van der Waals surface area contributed by atoms with Crippen molar-refractivity contribution in [3.05, 3.63) is 82.0 Å². The van der Waals surface area contributed by atoms with Crippen molar-refractivity contribution in [3.63, 3.8) is 0 Å². The number of carbonyl (C=O) groups is 1. The van der Waals surface area contributed by atoms with E-state index in [0.717, 1.165) is 5.56 Å². The van der Waals surface area contributed by atoms with Crippen molar-refractivity contribution in [3.8, 4) is 0 Å². The SMILES string of the molecule is Cc1ccc(N2C(=O)c3cccnc3Sc3cc([N+](=O)[O-])ccc32)cc1. The summed E-state index contributed by atoms with van der Waals surface area (Å²) < 4.78 is 0. The predicted octanol–water partition coefficient (Wildman–Crippen LogP) is 4.74. The minimum atomic E-state index is -0.441. The van der Waals surface area contributed by atoms with Gasteiger partial charge in [0.2, 0.25) is 0 Å². The number of anilines is 2. The number of hydrogen-bond donors (Lipinski definition) is 0. The molecular weight excluding hydrogens is 350 g/mol. The molecule has 0 atom stereocenters. The number of amides is 1. The lowest BCUT2D eigenvalue weighted by atomic mass is 10.1. The molecule has 3 aromatic rings. The Morgan fingerprint density at radius 2 is 1.88 bits per heavy atom. The van der Waals surface area contributed by atoms with Crippen LogP contribution in [-0.2, 0) is 0 Å². The molecule has 1 aliphatic rings. The molecule has 1 aromatic heterocycles. The van der Waals surface area contributed by atoms with Crippen molar-refractivity contribution in [1.82, 2.24) is 4.98 Å². The summed E-state index contributed by atoms with van der Waals surface area (Å²) in [5.74, 6) is -0.211. The lowest BCUT2D eigenvalue weighted by Crippen LogP contribution is -2.26. The molecule has 0 radical (unpaired) electrons. The average Bonchev–Trinajstić information content (AvgIpc) is 2.76. The molecular formula is C19H13N3O3S. The van der Waals surface area contributed by atoms with Crippen molar-refractivity contribution in [2.24, 2.45) is 0 Å². The molecule has 0 aliphatic carbocycles. The topological polar surface area (TPSA) is 76.3 Å². The van der Waals surface area contributed by atoms with E-state index >= 15 is 0 Å². The number of hydrogen-bond acceptors (Lipinski definition) is 5. The van der Waals surface area contributed by atoms with Gasteiger partial charge in [0.1, 0.15) is 5.03 Å². The van der Waals surface area contributed by atoms with E-state index in [4.69, 9.17) is 0 Å². The largest absolute Gasteiger partial charge is 0.276 e. The van der Waals surface area contributed by atoms with E-state index in [1.165, 1.54) is 23.9 Å². The molecule has 0 unspecified atom stereocenters. The number of nitro groups is 1. The fraction of sp³-hybridized carbons (Fsp3) is 0.0526. The van der Waals surface area contributed by atoms with E-state index in [0.29, 0.717) is 26.9 Å². The maximum Gasteiger partial charge on any atom is 0.270 e. The van der Waals surface area contributed by atoms with Crippen LogP contribution in [0.5, 0.6) is 0 Å². The third-order valence-electron chi connectivity index (χ3n) is 4.10. The molecule has 7 heteroatoms. The molecule has 128 valence electrons. The lowest BCUT2D eigenvalue weighted by molar-refractivity contribution is -0.385. The van der Waals surface area contributed by atoms with Gasteiger partial charge in [-0.3, -0.25) is 19.8 Å². The molecule has 0 fully saturated rings. The Balaban J connectivity index is 1.96. The van der Waals surface area contributed by atoms with Gasteiger partial charge < -0.3 is 0 Å². The summed E-state index contributed by atoms with van der Waals surface area (Å²) in [6, 6.07) is 15.5. The second-order valence-electron chi connectivity index (χ2n) is 5.84. The number of nitrogens with zero attached hydrogens (tertiary/aromatic N) is 3. The first-order chi connectivity index (χ1) is 12.5. The number of carbonyl (C=O) groups excluding carboxylic acids is 1. The number of rotatable bonds is 2. The molecule has 2 heterocycles. The van der Waals surface area contributed by atoms with Crippen molar-refractivity contribution in [2.75, 3.05) is 4.90 Å². The van der Waals surface area contributed by atoms with Crippen LogP contribution in [0.25, 0.3) is 0 Å². The van der Waals surface area contributed by atoms with Crippen LogP contribution in [0.4, 0.5) is 17.1 Å². The Hall–Kier alpha value is -3.19. The molecule has 0 saturated carbocycles. The average molecular weight is 363 g/mol. The van der Waals surface area contributed by atoms with E-state index in [-0.39, 0.29) is 11.6 Å². The third-order valence-corrected chi connectivity index (χ3v) is 5.16. The first-order valence-electron chi connectivity index (χ1n) is 7.87. The second-order valence-corrected chi connectivity index (χ2v) is 6.87. The minimum Gasteiger partial charge on any atom is -0.276 e. The zero-order valence-electron chi connectivity index (χ0n) is 13.7. The summed E-state index contributed by atoms with van der Waals surface area (Å²) >= 11 is 1.26. The molecule has 6 nitrogen and oxygen atoms in total. The van der Waals surface area contributed by atoms with E-state index in [2.05, 4.69) is 4.98 Å². The smallest absolute Gasteiger partial charge is 0.270 e. The van der Waals surface area contributed by atoms with Crippen molar-refractivity contribution in [1.29, 1.82) is 0 Å². The normalized spacial score (nSPS) is 13.0. The standard InChI is InChI=1S/C19H13N3O3S/c1-12-4-6-13(7-5-12)21-16-9-8-14(22(24)25)11-17(16)26-18-15(19(21)23)3-2-10-20-18/h2-11H,1H3. The Kier molecular flexibility index (Phi) is 3.93. The lowest BCUT2D eigenvalue weighted by Gasteiger charge is -2.23. The fourth-order valence-corrected chi connectivity index (χ4v) is 3.83. The van der Waals surface area contributed by atoms with Crippen LogP contribution >= 0.6 is 11.8 Å². The second kappa shape index (κ2) is 6.27. The van der Waals surface area contributed by atoms with Crippen LogP contribution in [0.15, 0.2) is 70.7 Å². The predicted molar refractivity (Wildman–Crippen MR) is 99.1 cm³/mol. The minimum absolute atomic E-state index is 0.0214. The van der Waals surface area contributed by atoms with Crippen LogP contribution in [-0.4, -0.2) is 15.8 Å². The van der Waals surface area contributed by atoms with Gasteiger partial charge in [-0.2, -0.15) is 0 Å². The van der Waals surface area contributed by atoms with Gasteiger partial charge in [-0.25, -0.2) is 4.98 Å². The Morgan fingerprint density at radius 1 is 1.12 bits per heavy atom.